The molecule has 2 aromatic rings. The third-order valence-corrected chi connectivity index (χ3v) is 3.41. The van der Waals surface area contributed by atoms with Crippen LogP contribution in [-0.4, -0.2) is 23.6 Å². The maximum absolute atomic E-state index is 12.9. The number of nitriles is 1. The lowest BCUT2D eigenvalue weighted by Crippen LogP contribution is -2.25. The largest absolute Gasteiger partial charge is 0.387 e. The van der Waals surface area contributed by atoms with Gasteiger partial charge in [-0.2, -0.15) is 5.26 Å². The Labute approximate surface area is 132 Å². The van der Waals surface area contributed by atoms with Gasteiger partial charge in [0, 0.05) is 19.7 Å². The fourth-order valence-corrected chi connectivity index (χ4v) is 2.21. The molecule has 0 radical (unpaired) electrons. The van der Waals surface area contributed by atoms with E-state index in [0.717, 1.165) is 0 Å². The van der Waals surface area contributed by atoms with Crippen molar-refractivity contribution in [3.05, 3.63) is 69.5 Å². The van der Waals surface area contributed by atoms with Gasteiger partial charge in [-0.05, 0) is 29.8 Å². The van der Waals surface area contributed by atoms with E-state index in [1.54, 1.807) is 7.05 Å². The number of hydrogen-bond donors (Lipinski definition) is 1. The molecule has 1 N–H and O–H groups in total. The van der Waals surface area contributed by atoms with Crippen LogP contribution in [0.5, 0.6) is 0 Å². The summed E-state index contributed by atoms with van der Waals surface area (Å²) in [5, 5.41) is 30.2. The van der Waals surface area contributed by atoms with Crippen molar-refractivity contribution in [3.63, 3.8) is 0 Å². The summed E-state index contributed by atoms with van der Waals surface area (Å²) in [6.45, 7) is 0.0817. The van der Waals surface area contributed by atoms with Crippen molar-refractivity contribution >= 4 is 11.4 Å². The number of likely N-dealkylation sites (N-methyl/N-ethyl adjacent to an activating group) is 1. The van der Waals surface area contributed by atoms with Crippen LogP contribution < -0.4 is 4.90 Å². The van der Waals surface area contributed by atoms with Gasteiger partial charge < -0.3 is 10.0 Å². The predicted molar refractivity (Wildman–Crippen MR) is 82.4 cm³/mol. The normalized spacial score (nSPS) is 11.6. The zero-order valence-electron chi connectivity index (χ0n) is 12.3. The number of nitro groups is 1. The molecule has 0 aliphatic heterocycles. The number of nitrogens with zero attached hydrogens (tertiary/aromatic N) is 3. The van der Waals surface area contributed by atoms with E-state index in [-0.39, 0.29) is 23.5 Å². The van der Waals surface area contributed by atoms with Crippen LogP contribution in [-0.2, 0) is 0 Å². The minimum Gasteiger partial charge on any atom is -0.387 e. The van der Waals surface area contributed by atoms with E-state index in [9.17, 15) is 19.6 Å². The van der Waals surface area contributed by atoms with E-state index >= 15 is 0 Å². The Bertz CT molecular complexity index is 756. The SMILES string of the molecule is CN(CC(O)c1ccc(F)cc1)c1ccc(C#N)cc1[N+](=O)[O-]. The monoisotopic (exact) mass is 315 g/mol. The lowest BCUT2D eigenvalue weighted by molar-refractivity contribution is -0.384. The van der Waals surface area contributed by atoms with Crippen LogP contribution in [0, 0.1) is 27.3 Å². The number of rotatable bonds is 5. The average Bonchev–Trinajstić information content (AvgIpc) is 2.54. The van der Waals surface area contributed by atoms with Gasteiger partial charge in [0.15, 0.2) is 0 Å². The second-order valence-electron chi connectivity index (χ2n) is 5.02. The van der Waals surface area contributed by atoms with Crippen LogP contribution in [0.15, 0.2) is 42.5 Å². The Hall–Kier alpha value is -2.98. The van der Waals surface area contributed by atoms with Crippen molar-refractivity contribution in [1.82, 2.24) is 0 Å². The Morgan fingerprint density at radius 2 is 2.00 bits per heavy atom. The molecule has 6 nitrogen and oxygen atoms in total. The minimum atomic E-state index is -0.934. The molecule has 0 amide bonds. The molecule has 1 unspecified atom stereocenters. The highest BCUT2D eigenvalue weighted by Gasteiger charge is 2.20. The van der Waals surface area contributed by atoms with Crippen molar-refractivity contribution in [2.45, 2.75) is 6.10 Å². The number of hydrogen-bond acceptors (Lipinski definition) is 5. The first-order valence-electron chi connectivity index (χ1n) is 6.75. The Kier molecular flexibility index (Phi) is 4.88. The summed E-state index contributed by atoms with van der Waals surface area (Å²) >= 11 is 0. The molecule has 0 saturated carbocycles. The topological polar surface area (TPSA) is 90.4 Å². The van der Waals surface area contributed by atoms with Crippen molar-refractivity contribution in [1.29, 1.82) is 5.26 Å². The zero-order chi connectivity index (χ0) is 17.0. The van der Waals surface area contributed by atoms with E-state index in [0.29, 0.717) is 5.56 Å². The molecule has 2 aromatic carbocycles. The van der Waals surface area contributed by atoms with Crippen LogP contribution in [0.4, 0.5) is 15.8 Å². The molecule has 0 fully saturated rings. The highest BCUT2D eigenvalue weighted by atomic mass is 19.1. The first-order valence-corrected chi connectivity index (χ1v) is 6.75. The average molecular weight is 315 g/mol. The fourth-order valence-electron chi connectivity index (χ4n) is 2.21. The highest BCUT2D eigenvalue weighted by molar-refractivity contribution is 5.65. The zero-order valence-corrected chi connectivity index (χ0v) is 12.3. The van der Waals surface area contributed by atoms with Crippen LogP contribution in [0.1, 0.15) is 17.2 Å². The van der Waals surface area contributed by atoms with Gasteiger partial charge >= 0.3 is 0 Å². The van der Waals surface area contributed by atoms with Crippen LogP contribution >= 0.6 is 0 Å². The van der Waals surface area contributed by atoms with E-state index in [4.69, 9.17) is 5.26 Å². The maximum atomic E-state index is 12.9. The standard InChI is InChI=1S/C16H14FN3O3/c1-19(10-16(21)12-3-5-13(17)6-4-12)14-7-2-11(9-18)8-15(14)20(22)23/h2-8,16,21H,10H2,1H3. The van der Waals surface area contributed by atoms with Crippen molar-refractivity contribution < 1.29 is 14.4 Å². The summed E-state index contributed by atoms with van der Waals surface area (Å²) in [7, 11) is 1.60. The van der Waals surface area contributed by atoms with Crippen molar-refractivity contribution in [2.75, 3.05) is 18.5 Å². The molecule has 0 spiro atoms. The molecule has 0 aliphatic carbocycles. The smallest absolute Gasteiger partial charge is 0.293 e. The quantitative estimate of drug-likeness (QED) is 0.677. The number of aliphatic hydroxyl groups excluding tert-OH is 1. The molecule has 0 heterocycles. The van der Waals surface area contributed by atoms with Crippen LogP contribution in [0.25, 0.3) is 0 Å². The minimum absolute atomic E-state index is 0.0817. The second-order valence-corrected chi connectivity index (χ2v) is 5.02. The van der Waals surface area contributed by atoms with E-state index < -0.39 is 16.8 Å². The molecule has 0 saturated heterocycles. The molecule has 0 aliphatic rings. The molecule has 1 atom stereocenters. The Morgan fingerprint density at radius 1 is 1.35 bits per heavy atom. The highest BCUT2D eigenvalue weighted by Crippen LogP contribution is 2.29. The lowest BCUT2D eigenvalue weighted by Gasteiger charge is -2.22. The molecule has 7 heteroatoms. The summed E-state index contributed by atoms with van der Waals surface area (Å²) in [5.41, 5.74) is 0.774. The lowest BCUT2D eigenvalue weighted by atomic mass is 10.1. The molecule has 0 aromatic heterocycles. The predicted octanol–water partition coefficient (Wildman–Crippen LogP) is 2.78. The van der Waals surface area contributed by atoms with Gasteiger partial charge in [0.2, 0.25) is 0 Å². The summed E-state index contributed by atoms with van der Waals surface area (Å²) in [4.78, 5) is 12.1. The third kappa shape index (κ3) is 3.81. The maximum Gasteiger partial charge on any atom is 0.293 e. The second kappa shape index (κ2) is 6.85. The van der Waals surface area contributed by atoms with Gasteiger partial charge in [-0.25, -0.2) is 4.39 Å². The fraction of sp³-hybridized carbons (Fsp3) is 0.188. The summed E-state index contributed by atoms with van der Waals surface area (Å²) in [6.07, 6.45) is -0.934. The van der Waals surface area contributed by atoms with Gasteiger partial charge in [0.05, 0.1) is 22.7 Å². The Morgan fingerprint density at radius 3 is 2.57 bits per heavy atom. The first kappa shape index (κ1) is 16.4. The first-order chi connectivity index (χ1) is 10.9. The van der Waals surface area contributed by atoms with Gasteiger partial charge in [0.1, 0.15) is 11.5 Å². The van der Waals surface area contributed by atoms with Crippen molar-refractivity contribution in [3.8, 4) is 6.07 Å². The Balaban J connectivity index is 2.23. The summed E-state index contributed by atoms with van der Waals surface area (Å²) < 4.78 is 12.9. The van der Waals surface area contributed by atoms with E-state index in [1.807, 2.05) is 6.07 Å². The number of anilines is 1. The number of halogens is 1. The van der Waals surface area contributed by atoms with Gasteiger partial charge in [-0.15, -0.1) is 0 Å². The summed E-state index contributed by atoms with van der Waals surface area (Å²) in [6, 6.07) is 11.4. The molecule has 0 bridgehead atoms. The van der Waals surface area contributed by atoms with Crippen LogP contribution in [0.2, 0.25) is 0 Å². The molecule has 118 valence electrons. The van der Waals surface area contributed by atoms with E-state index in [1.165, 1.54) is 47.4 Å². The van der Waals surface area contributed by atoms with Gasteiger partial charge in [0.25, 0.3) is 5.69 Å². The number of nitro benzene ring substituents is 1. The molecule has 23 heavy (non-hydrogen) atoms. The summed E-state index contributed by atoms with van der Waals surface area (Å²) in [5.74, 6) is -0.406. The van der Waals surface area contributed by atoms with Crippen LogP contribution in [0.3, 0.4) is 0 Å². The number of benzene rings is 2. The molecular weight excluding hydrogens is 301 g/mol. The number of aliphatic hydroxyl groups is 1. The van der Waals surface area contributed by atoms with Crippen molar-refractivity contribution in [2.24, 2.45) is 0 Å². The third-order valence-electron chi connectivity index (χ3n) is 3.41. The van der Waals surface area contributed by atoms with Gasteiger partial charge in [-0.1, -0.05) is 12.1 Å². The molecular formula is C16H14FN3O3. The van der Waals surface area contributed by atoms with E-state index in [2.05, 4.69) is 0 Å². The van der Waals surface area contributed by atoms with Gasteiger partial charge in [-0.3, -0.25) is 10.1 Å². The molecule has 2 rings (SSSR count).